The third-order valence-corrected chi connectivity index (χ3v) is 3.32. The number of halogens is 1. The number of carboxylic acid groups (broad SMARTS) is 1. The van der Waals surface area contributed by atoms with Crippen LogP contribution in [-0.2, 0) is 11.4 Å². The minimum atomic E-state index is -0.967. The highest BCUT2D eigenvalue weighted by molar-refractivity contribution is 6.30. The van der Waals surface area contributed by atoms with Crippen molar-refractivity contribution in [3.8, 4) is 11.5 Å². The number of carbonyl (C=O) groups is 1. The number of benzene rings is 2. The Morgan fingerprint density at radius 3 is 2.23 bits per heavy atom. The minimum absolute atomic E-state index is 0.407. The molecule has 116 valence electrons. The highest BCUT2D eigenvalue weighted by Crippen LogP contribution is 2.20. The van der Waals surface area contributed by atoms with Crippen molar-refractivity contribution in [3.63, 3.8) is 0 Å². The Balaban J connectivity index is 1.91. The Bertz CT molecular complexity index is 608. The van der Waals surface area contributed by atoms with E-state index in [-0.39, 0.29) is 0 Å². The lowest BCUT2D eigenvalue weighted by Gasteiger charge is -2.13. The van der Waals surface area contributed by atoms with Gasteiger partial charge in [0.05, 0.1) is 0 Å². The van der Waals surface area contributed by atoms with Gasteiger partial charge in [0, 0.05) is 5.02 Å². The van der Waals surface area contributed by atoms with E-state index in [0.717, 1.165) is 5.56 Å². The van der Waals surface area contributed by atoms with Crippen LogP contribution in [0.2, 0.25) is 5.02 Å². The van der Waals surface area contributed by atoms with Crippen LogP contribution in [0.15, 0.2) is 48.5 Å². The van der Waals surface area contributed by atoms with E-state index >= 15 is 0 Å². The Hall–Kier alpha value is -2.20. The van der Waals surface area contributed by atoms with Gasteiger partial charge in [0.2, 0.25) is 0 Å². The number of carboxylic acids is 1. The predicted octanol–water partition coefficient (Wildman–Crippen LogP) is 4.16. The normalized spacial score (nSPS) is 11.7. The zero-order chi connectivity index (χ0) is 15.9. The van der Waals surface area contributed by atoms with E-state index in [9.17, 15) is 4.79 Å². The van der Waals surface area contributed by atoms with Gasteiger partial charge in [0.15, 0.2) is 6.10 Å². The molecule has 0 saturated heterocycles. The summed E-state index contributed by atoms with van der Waals surface area (Å²) in [5.41, 5.74) is 1.02. The average molecular weight is 321 g/mol. The Labute approximate surface area is 134 Å². The Kier molecular flexibility index (Phi) is 5.67. The van der Waals surface area contributed by atoms with Crippen LogP contribution in [0.3, 0.4) is 0 Å². The molecule has 0 radical (unpaired) electrons. The zero-order valence-corrected chi connectivity index (χ0v) is 12.9. The first-order valence-electron chi connectivity index (χ1n) is 6.95. The minimum Gasteiger partial charge on any atom is -0.489 e. The van der Waals surface area contributed by atoms with Crippen molar-refractivity contribution in [2.24, 2.45) is 0 Å². The van der Waals surface area contributed by atoms with Gasteiger partial charge in [-0.2, -0.15) is 0 Å². The third kappa shape index (κ3) is 4.67. The summed E-state index contributed by atoms with van der Waals surface area (Å²) in [6.45, 7) is 2.20. The fourth-order valence-corrected chi connectivity index (χ4v) is 1.96. The molecular weight excluding hydrogens is 304 g/mol. The van der Waals surface area contributed by atoms with E-state index in [1.165, 1.54) is 0 Å². The largest absolute Gasteiger partial charge is 0.489 e. The monoisotopic (exact) mass is 320 g/mol. The summed E-state index contributed by atoms with van der Waals surface area (Å²) in [5.74, 6) is 0.226. The molecule has 0 aliphatic heterocycles. The first-order valence-corrected chi connectivity index (χ1v) is 7.33. The van der Waals surface area contributed by atoms with Crippen molar-refractivity contribution in [1.82, 2.24) is 0 Å². The first kappa shape index (κ1) is 16.2. The van der Waals surface area contributed by atoms with Gasteiger partial charge in [0.1, 0.15) is 18.1 Å². The average Bonchev–Trinajstić information content (AvgIpc) is 2.53. The molecule has 1 atom stereocenters. The lowest BCUT2D eigenvalue weighted by Crippen LogP contribution is -2.25. The number of hydrogen-bond donors (Lipinski definition) is 1. The fraction of sp³-hybridized carbons (Fsp3) is 0.235. The highest BCUT2D eigenvalue weighted by Gasteiger charge is 2.16. The van der Waals surface area contributed by atoms with Crippen molar-refractivity contribution in [1.29, 1.82) is 0 Å². The van der Waals surface area contributed by atoms with Crippen molar-refractivity contribution in [2.75, 3.05) is 0 Å². The Morgan fingerprint density at radius 1 is 1.09 bits per heavy atom. The maximum Gasteiger partial charge on any atom is 0.344 e. The molecule has 4 nitrogen and oxygen atoms in total. The Morgan fingerprint density at radius 2 is 1.68 bits per heavy atom. The van der Waals surface area contributed by atoms with Crippen LogP contribution in [0, 0.1) is 0 Å². The predicted molar refractivity (Wildman–Crippen MR) is 84.6 cm³/mol. The lowest BCUT2D eigenvalue weighted by molar-refractivity contribution is -0.145. The van der Waals surface area contributed by atoms with Crippen LogP contribution in [0.5, 0.6) is 11.5 Å². The summed E-state index contributed by atoms with van der Waals surface area (Å²) in [6.07, 6.45) is -0.426. The quantitative estimate of drug-likeness (QED) is 0.832. The molecule has 5 heteroatoms. The number of aliphatic carboxylic acids is 1. The van der Waals surface area contributed by atoms with E-state index in [1.807, 2.05) is 24.3 Å². The smallest absolute Gasteiger partial charge is 0.344 e. The standard InChI is InChI=1S/C17H17ClO4/c1-2-16(17(19)20)22-15-9-7-14(8-10-15)21-11-12-3-5-13(18)6-4-12/h3-10,16H,2,11H2,1H3,(H,19,20). The van der Waals surface area contributed by atoms with Gasteiger partial charge in [-0.1, -0.05) is 30.7 Å². The van der Waals surface area contributed by atoms with Crippen LogP contribution >= 0.6 is 11.6 Å². The summed E-state index contributed by atoms with van der Waals surface area (Å²) in [7, 11) is 0. The first-order chi connectivity index (χ1) is 10.6. The second-order valence-electron chi connectivity index (χ2n) is 4.74. The molecule has 0 bridgehead atoms. The summed E-state index contributed by atoms with van der Waals surface area (Å²) in [6, 6.07) is 14.3. The summed E-state index contributed by atoms with van der Waals surface area (Å²) >= 11 is 5.83. The van der Waals surface area contributed by atoms with Crippen molar-refractivity contribution < 1.29 is 19.4 Å². The summed E-state index contributed by atoms with van der Waals surface area (Å²) in [4.78, 5) is 10.9. The number of ether oxygens (including phenoxy) is 2. The molecule has 0 aliphatic carbocycles. The second kappa shape index (κ2) is 7.71. The highest BCUT2D eigenvalue weighted by atomic mass is 35.5. The molecule has 0 aliphatic rings. The number of rotatable bonds is 7. The number of hydrogen-bond acceptors (Lipinski definition) is 3. The zero-order valence-electron chi connectivity index (χ0n) is 12.2. The fourth-order valence-electron chi connectivity index (χ4n) is 1.83. The van der Waals surface area contributed by atoms with Gasteiger partial charge in [-0.25, -0.2) is 4.79 Å². The van der Waals surface area contributed by atoms with Crippen molar-refractivity contribution in [3.05, 3.63) is 59.1 Å². The molecule has 0 spiro atoms. The van der Waals surface area contributed by atoms with Crippen molar-refractivity contribution >= 4 is 17.6 Å². The van der Waals surface area contributed by atoms with E-state index in [2.05, 4.69) is 0 Å². The molecule has 0 fully saturated rings. The molecule has 0 saturated carbocycles. The molecule has 1 N–H and O–H groups in total. The van der Waals surface area contributed by atoms with E-state index in [1.54, 1.807) is 31.2 Å². The molecule has 0 amide bonds. The third-order valence-electron chi connectivity index (χ3n) is 3.07. The molecule has 2 rings (SSSR count). The van der Waals surface area contributed by atoms with Crippen LogP contribution in [0.4, 0.5) is 0 Å². The lowest BCUT2D eigenvalue weighted by atomic mass is 10.2. The molecule has 0 aromatic heterocycles. The molecule has 2 aromatic carbocycles. The molecular formula is C17H17ClO4. The van der Waals surface area contributed by atoms with E-state index in [0.29, 0.717) is 29.5 Å². The van der Waals surface area contributed by atoms with Gasteiger partial charge < -0.3 is 14.6 Å². The molecule has 0 heterocycles. The molecule has 1 unspecified atom stereocenters. The SMILES string of the molecule is CCC(Oc1ccc(OCc2ccc(Cl)cc2)cc1)C(=O)O. The van der Waals surface area contributed by atoms with E-state index in [4.69, 9.17) is 26.2 Å². The topological polar surface area (TPSA) is 55.8 Å². The second-order valence-corrected chi connectivity index (χ2v) is 5.18. The molecule has 2 aromatic rings. The van der Waals surface area contributed by atoms with Gasteiger partial charge in [-0.15, -0.1) is 0 Å². The van der Waals surface area contributed by atoms with Gasteiger partial charge >= 0.3 is 5.97 Å². The van der Waals surface area contributed by atoms with Gasteiger partial charge in [-0.3, -0.25) is 0 Å². The van der Waals surface area contributed by atoms with Crippen LogP contribution in [-0.4, -0.2) is 17.2 Å². The maximum atomic E-state index is 10.9. The van der Waals surface area contributed by atoms with E-state index < -0.39 is 12.1 Å². The van der Waals surface area contributed by atoms with Crippen molar-refractivity contribution in [2.45, 2.75) is 26.1 Å². The summed E-state index contributed by atoms with van der Waals surface area (Å²) in [5, 5.41) is 9.65. The van der Waals surface area contributed by atoms with Gasteiger partial charge in [-0.05, 0) is 48.4 Å². The van der Waals surface area contributed by atoms with Crippen LogP contribution in [0.25, 0.3) is 0 Å². The summed E-state index contributed by atoms with van der Waals surface area (Å²) < 4.78 is 11.0. The van der Waals surface area contributed by atoms with Gasteiger partial charge in [0.25, 0.3) is 0 Å². The maximum absolute atomic E-state index is 10.9. The van der Waals surface area contributed by atoms with Crippen LogP contribution in [0.1, 0.15) is 18.9 Å². The molecule has 22 heavy (non-hydrogen) atoms. The van der Waals surface area contributed by atoms with Crippen LogP contribution < -0.4 is 9.47 Å².